The van der Waals surface area contributed by atoms with Gasteiger partial charge in [-0.25, -0.2) is 0 Å². The second-order valence-electron chi connectivity index (χ2n) is 4.18. The minimum atomic E-state index is -0.998. The molecule has 2 aliphatic rings. The number of hydrogen-bond acceptors (Lipinski definition) is 4. The van der Waals surface area contributed by atoms with Crippen molar-refractivity contribution in [3.05, 3.63) is 0 Å². The number of nitrogens with zero attached hydrogens (tertiary/aromatic N) is 1. The van der Waals surface area contributed by atoms with Crippen LogP contribution in [0, 0.1) is 16.7 Å². The van der Waals surface area contributed by atoms with E-state index in [0.29, 0.717) is 32.7 Å². The van der Waals surface area contributed by atoms with Gasteiger partial charge in [-0.05, 0) is 12.8 Å². The van der Waals surface area contributed by atoms with Gasteiger partial charge in [0.25, 0.3) is 0 Å². The molecule has 0 aromatic carbocycles. The standard InChI is InChI=1S/C10H15NO3/c11-6-9(2-1-4-13-7-9)10(12)3-5-14-8-10/h12H,1-5,7-8H2. The number of aliphatic hydroxyl groups is 1. The molecule has 2 rings (SSSR count). The highest BCUT2D eigenvalue weighted by atomic mass is 16.5. The predicted molar refractivity (Wildman–Crippen MR) is 48.5 cm³/mol. The van der Waals surface area contributed by atoms with Gasteiger partial charge in [0, 0.05) is 19.6 Å². The maximum atomic E-state index is 10.3. The first-order valence-electron chi connectivity index (χ1n) is 5.02. The van der Waals surface area contributed by atoms with E-state index >= 15 is 0 Å². The third-order valence-electron chi connectivity index (χ3n) is 3.35. The van der Waals surface area contributed by atoms with Crippen molar-refractivity contribution in [1.82, 2.24) is 0 Å². The zero-order chi connectivity index (χ0) is 10.1. The molecule has 0 bridgehead atoms. The molecule has 0 aromatic rings. The van der Waals surface area contributed by atoms with Crippen LogP contribution in [-0.4, -0.2) is 37.1 Å². The Kier molecular flexibility index (Phi) is 2.48. The lowest BCUT2D eigenvalue weighted by atomic mass is 9.69. The molecule has 4 nitrogen and oxygen atoms in total. The summed E-state index contributed by atoms with van der Waals surface area (Å²) in [6.45, 7) is 1.84. The second kappa shape index (κ2) is 3.50. The van der Waals surface area contributed by atoms with Crippen molar-refractivity contribution in [2.45, 2.75) is 24.9 Å². The van der Waals surface area contributed by atoms with E-state index in [4.69, 9.17) is 9.47 Å². The minimum Gasteiger partial charge on any atom is -0.386 e. The van der Waals surface area contributed by atoms with E-state index in [0.717, 1.165) is 6.42 Å². The lowest BCUT2D eigenvalue weighted by molar-refractivity contribution is -0.118. The molecule has 4 heteroatoms. The largest absolute Gasteiger partial charge is 0.386 e. The maximum absolute atomic E-state index is 10.3. The lowest BCUT2D eigenvalue weighted by Crippen LogP contribution is -2.52. The van der Waals surface area contributed by atoms with Crippen LogP contribution in [0.5, 0.6) is 0 Å². The maximum Gasteiger partial charge on any atom is 0.112 e. The van der Waals surface area contributed by atoms with Gasteiger partial charge in [0.05, 0.1) is 19.3 Å². The molecule has 0 aliphatic carbocycles. The molecule has 2 atom stereocenters. The van der Waals surface area contributed by atoms with Crippen molar-refractivity contribution >= 4 is 0 Å². The molecule has 0 saturated carbocycles. The van der Waals surface area contributed by atoms with E-state index in [2.05, 4.69) is 6.07 Å². The van der Waals surface area contributed by atoms with E-state index < -0.39 is 11.0 Å². The molecule has 2 fully saturated rings. The average Bonchev–Trinajstić information content (AvgIpc) is 2.68. The highest BCUT2D eigenvalue weighted by molar-refractivity contribution is 5.13. The van der Waals surface area contributed by atoms with E-state index in [1.165, 1.54) is 0 Å². The molecule has 2 unspecified atom stereocenters. The van der Waals surface area contributed by atoms with Crippen molar-refractivity contribution in [2.24, 2.45) is 5.41 Å². The Morgan fingerprint density at radius 1 is 1.14 bits per heavy atom. The number of nitriles is 1. The first-order valence-corrected chi connectivity index (χ1v) is 5.02. The molecule has 78 valence electrons. The third-order valence-corrected chi connectivity index (χ3v) is 3.35. The van der Waals surface area contributed by atoms with Crippen LogP contribution in [0.15, 0.2) is 0 Å². The zero-order valence-electron chi connectivity index (χ0n) is 8.16. The van der Waals surface area contributed by atoms with Crippen molar-refractivity contribution in [3.63, 3.8) is 0 Å². The van der Waals surface area contributed by atoms with Crippen LogP contribution in [0.4, 0.5) is 0 Å². The molecule has 2 aliphatic heterocycles. The summed E-state index contributed by atoms with van der Waals surface area (Å²) >= 11 is 0. The summed E-state index contributed by atoms with van der Waals surface area (Å²) in [5, 5.41) is 19.6. The molecule has 2 saturated heterocycles. The third kappa shape index (κ3) is 1.33. The summed E-state index contributed by atoms with van der Waals surface area (Å²) in [4.78, 5) is 0. The van der Waals surface area contributed by atoms with Crippen molar-refractivity contribution in [3.8, 4) is 6.07 Å². The number of hydrogen-bond donors (Lipinski definition) is 1. The van der Waals surface area contributed by atoms with Gasteiger partial charge in [-0.2, -0.15) is 5.26 Å². The van der Waals surface area contributed by atoms with Gasteiger partial charge in [-0.1, -0.05) is 0 Å². The Bertz CT molecular complexity index is 247. The fraction of sp³-hybridized carbons (Fsp3) is 0.900. The summed E-state index contributed by atoms with van der Waals surface area (Å²) in [6, 6.07) is 2.24. The minimum absolute atomic E-state index is 0.268. The second-order valence-corrected chi connectivity index (χ2v) is 4.18. The van der Waals surface area contributed by atoms with Gasteiger partial charge >= 0.3 is 0 Å². The monoisotopic (exact) mass is 197 g/mol. The molecule has 0 spiro atoms. The van der Waals surface area contributed by atoms with Crippen LogP contribution in [-0.2, 0) is 9.47 Å². The van der Waals surface area contributed by atoms with Crippen molar-refractivity contribution in [1.29, 1.82) is 5.26 Å². The average molecular weight is 197 g/mol. The highest BCUT2D eigenvalue weighted by Crippen LogP contribution is 2.43. The van der Waals surface area contributed by atoms with Gasteiger partial charge in [0.2, 0.25) is 0 Å². The topological polar surface area (TPSA) is 62.5 Å². The Balaban J connectivity index is 2.22. The smallest absolute Gasteiger partial charge is 0.112 e. The normalized spacial score (nSPS) is 43.4. The highest BCUT2D eigenvalue weighted by Gasteiger charge is 2.54. The Morgan fingerprint density at radius 3 is 2.43 bits per heavy atom. The summed E-state index contributed by atoms with van der Waals surface area (Å²) in [5.41, 5.74) is -1.75. The van der Waals surface area contributed by atoms with Crippen LogP contribution >= 0.6 is 0 Å². The van der Waals surface area contributed by atoms with E-state index in [1.807, 2.05) is 0 Å². The van der Waals surface area contributed by atoms with Crippen molar-refractivity contribution < 1.29 is 14.6 Å². The van der Waals surface area contributed by atoms with Crippen LogP contribution in [0.1, 0.15) is 19.3 Å². The Labute approximate surface area is 83.4 Å². The predicted octanol–water partition coefficient (Wildman–Crippen LogP) is 0.458. The molecule has 14 heavy (non-hydrogen) atoms. The fourth-order valence-corrected chi connectivity index (χ4v) is 2.29. The van der Waals surface area contributed by atoms with Crippen molar-refractivity contribution in [2.75, 3.05) is 26.4 Å². The van der Waals surface area contributed by atoms with Gasteiger partial charge < -0.3 is 14.6 Å². The molecule has 2 heterocycles. The summed E-state index contributed by atoms with van der Waals surface area (Å²) in [5.74, 6) is 0. The van der Waals surface area contributed by atoms with Gasteiger partial charge in [0.1, 0.15) is 11.0 Å². The Hall–Kier alpha value is -0.630. The quantitative estimate of drug-likeness (QED) is 0.663. The Morgan fingerprint density at radius 2 is 1.93 bits per heavy atom. The first-order chi connectivity index (χ1) is 6.72. The van der Waals surface area contributed by atoms with Gasteiger partial charge in [-0.3, -0.25) is 0 Å². The molecule has 0 radical (unpaired) electrons. The molecule has 0 aromatic heterocycles. The van der Waals surface area contributed by atoms with Crippen LogP contribution < -0.4 is 0 Å². The molecular weight excluding hydrogens is 182 g/mol. The zero-order valence-corrected chi connectivity index (χ0v) is 8.16. The fourth-order valence-electron chi connectivity index (χ4n) is 2.29. The molecule has 1 N–H and O–H groups in total. The molecule has 0 amide bonds. The van der Waals surface area contributed by atoms with Crippen LogP contribution in [0.25, 0.3) is 0 Å². The summed E-state index contributed by atoms with van der Waals surface area (Å²) in [6.07, 6.45) is 2.10. The lowest BCUT2D eigenvalue weighted by Gasteiger charge is -2.41. The van der Waals surface area contributed by atoms with Crippen LogP contribution in [0.2, 0.25) is 0 Å². The SMILES string of the molecule is N#CC1(C2(O)CCOC2)CCCOC1. The van der Waals surface area contributed by atoms with Crippen LogP contribution in [0.3, 0.4) is 0 Å². The first kappa shape index (κ1) is 9.91. The van der Waals surface area contributed by atoms with E-state index in [-0.39, 0.29) is 6.61 Å². The van der Waals surface area contributed by atoms with E-state index in [9.17, 15) is 10.4 Å². The summed E-state index contributed by atoms with van der Waals surface area (Å²) < 4.78 is 10.5. The molecular formula is C10H15NO3. The van der Waals surface area contributed by atoms with Gasteiger partial charge in [0.15, 0.2) is 0 Å². The number of ether oxygens (including phenoxy) is 2. The van der Waals surface area contributed by atoms with Gasteiger partial charge in [-0.15, -0.1) is 0 Å². The summed E-state index contributed by atoms with van der Waals surface area (Å²) in [7, 11) is 0. The number of rotatable bonds is 1. The van der Waals surface area contributed by atoms with E-state index in [1.54, 1.807) is 0 Å².